The molecule has 2 heterocycles. The van der Waals surface area contributed by atoms with E-state index in [0.717, 1.165) is 5.00 Å². The molecule has 16 heavy (non-hydrogen) atoms. The molecule has 0 fully saturated rings. The number of thiophene rings is 1. The molecule has 0 saturated carbocycles. The van der Waals surface area contributed by atoms with Crippen LogP contribution in [0.5, 0.6) is 0 Å². The lowest BCUT2D eigenvalue weighted by molar-refractivity contribution is 0.594. The van der Waals surface area contributed by atoms with Crippen molar-refractivity contribution >= 4 is 26.2 Å². The number of pyridine rings is 1. The molecule has 0 unspecified atom stereocenters. The number of nitrogens with one attached hydrogen (secondary N) is 1. The van der Waals surface area contributed by atoms with Gasteiger partial charge >= 0.3 is 0 Å². The van der Waals surface area contributed by atoms with Gasteiger partial charge in [-0.05, 0) is 24.3 Å². The molecule has 4 nitrogen and oxygen atoms in total. The zero-order valence-corrected chi connectivity index (χ0v) is 10.2. The number of rotatable bonds is 3. The predicted octanol–water partition coefficient (Wildman–Crippen LogP) is 2.02. The third-order valence-electron chi connectivity index (χ3n) is 2.01. The van der Waals surface area contributed by atoms with Gasteiger partial charge in [-0.3, -0.25) is 0 Å². The number of nitrogens with zero attached hydrogens (tertiary/aromatic N) is 1. The van der Waals surface area contributed by atoms with Gasteiger partial charge in [0.15, 0.2) is 5.03 Å². The minimum absolute atomic E-state index is 0.0829. The van der Waals surface area contributed by atoms with Gasteiger partial charge in [0.1, 0.15) is 4.21 Å². The molecule has 0 radical (unpaired) electrons. The molecular formula is C10H10N2O2S2. The van der Waals surface area contributed by atoms with Crippen LogP contribution in [-0.2, 0) is 9.84 Å². The third-order valence-corrected chi connectivity index (χ3v) is 5.27. The molecule has 6 heteroatoms. The van der Waals surface area contributed by atoms with Crippen LogP contribution >= 0.6 is 11.3 Å². The molecule has 0 spiro atoms. The van der Waals surface area contributed by atoms with Gasteiger partial charge in [-0.1, -0.05) is 6.07 Å². The Labute approximate surface area is 97.9 Å². The summed E-state index contributed by atoms with van der Waals surface area (Å²) in [6.45, 7) is 0. The molecule has 0 aromatic carbocycles. The Balaban J connectivity index is 2.47. The van der Waals surface area contributed by atoms with Crippen molar-refractivity contribution in [3.05, 3.63) is 36.5 Å². The monoisotopic (exact) mass is 254 g/mol. The van der Waals surface area contributed by atoms with Crippen LogP contribution in [-0.4, -0.2) is 20.4 Å². The fourth-order valence-corrected chi connectivity index (χ4v) is 3.67. The summed E-state index contributed by atoms with van der Waals surface area (Å²) < 4.78 is 24.5. The fraction of sp³-hybridized carbons (Fsp3) is 0.100. The molecule has 84 valence electrons. The van der Waals surface area contributed by atoms with E-state index < -0.39 is 9.84 Å². The summed E-state index contributed by atoms with van der Waals surface area (Å²) in [6, 6.07) is 8.16. The molecule has 0 atom stereocenters. The van der Waals surface area contributed by atoms with Crippen molar-refractivity contribution in [1.82, 2.24) is 4.98 Å². The molecule has 0 aliphatic rings. The topological polar surface area (TPSA) is 59.1 Å². The second-order valence-corrected chi connectivity index (χ2v) is 6.25. The smallest absolute Gasteiger partial charge is 0.233 e. The normalized spacial score (nSPS) is 11.3. The summed E-state index contributed by atoms with van der Waals surface area (Å²) in [6.07, 6.45) is 1.47. The van der Waals surface area contributed by atoms with Gasteiger partial charge in [0.2, 0.25) is 9.84 Å². The number of hydrogen-bond donors (Lipinski definition) is 1. The Morgan fingerprint density at radius 3 is 2.62 bits per heavy atom. The highest BCUT2D eigenvalue weighted by atomic mass is 32.2. The molecule has 0 aliphatic carbocycles. The molecule has 1 N–H and O–H groups in total. The number of anilines is 1. The molecule has 0 bridgehead atoms. The number of hydrogen-bond acceptors (Lipinski definition) is 5. The Morgan fingerprint density at radius 2 is 2.06 bits per heavy atom. The summed E-state index contributed by atoms with van der Waals surface area (Å²) in [5.41, 5.74) is 0. The van der Waals surface area contributed by atoms with E-state index in [2.05, 4.69) is 10.3 Å². The van der Waals surface area contributed by atoms with Crippen LogP contribution in [0.15, 0.2) is 45.8 Å². The van der Waals surface area contributed by atoms with E-state index in [1.165, 1.54) is 23.6 Å². The van der Waals surface area contributed by atoms with E-state index in [4.69, 9.17) is 0 Å². The highest BCUT2D eigenvalue weighted by Crippen LogP contribution is 2.29. The Morgan fingerprint density at radius 1 is 1.25 bits per heavy atom. The first-order valence-electron chi connectivity index (χ1n) is 4.58. The maximum Gasteiger partial charge on any atom is 0.233 e. The standard InChI is InChI=1S/C10H10N2O2S2/c1-11-8-5-6-10(15-8)16(13,14)9-4-2-3-7-12-9/h2-7,11H,1H3. The molecule has 2 rings (SSSR count). The number of sulfone groups is 1. The van der Waals surface area contributed by atoms with Crippen LogP contribution in [0.1, 0.15) is 0 Å². The van der Waals surface area contributed by atoms with Gasteiger partial charge in [0.25, 0.3) is 0 Å². The largest absolute Gasteiger partial charge is 0.380 e. The van der Waals surface area contributed by atoms with E-state index in [1.54, 1.807) is 31.3 Å². The summed E-state index contributed by atoms with van der Waals surface area (Å²) in [4.78, 5) is 3.86. The lowest BCUT2D eigenvalue weighted by Gasteiger charge is -1.99. The lowest BCUT2D eigenvalue weighted by Crippen LogP contribution is -2.01. The average molecular weight is 254 g/mol. The van der Waals surface area contributed by atoms with E-state index in [-0.39, 0.29) is 5.03 Å². The van der Waals surface area contributed by atoms with Crippen molar-refractivity contribution in [2.45, 2.75) is 9.24 Å². The van der Waals surface area contributed by atoms with Crippen LogP contribution in [0.4, 0.5) is 5.00 Å². The molecule has 2 aromatic rings. The van der Waals surface area contributed by atoms with E-state index in [9.17, 15) is 8.42 Å². The van der Waals surface area contributed by atoms with Gasteiger partial charge in [-0.25, -0.2) is 13.4 Å². The maximum absolute atomic E-state index is 12.1. The van der Waals surface area contributed by atoms with Crippen molar-refractivity contribution in [3.63, 3.8) is 0 Å². The minimum Gasteiger partial charge on any atom is -0.380 e. The van der Waals surface area contributed by atoms with Gasteiger partial charge in [-0.15, -0.1) is 11.3 Å². The van der Waals surface area contributed by atoms with E-state index in [1.807, 2.05) is 0 Å². The van der Waals surface area contributed by atoms with Crippen LogP contribution in [0.2, 0.25) is 0 Å². The van der Waals surface area contributed by atoms with Gasteiger partial charge < -0.3 is 5.32 Å². The first-order valence-corrected chi connectivity index (χ1v) is 6.88. The molecule has 0 saturated heterocycles. The van der Waals surface area contributed by atoms with Crippen molar-refractivity contribution in [3.8, 4) is 0 Å². The van der Waals surface area contributed by atoms with Crippen LogP contribution in [0.25, 0.3) is 0 Å². The lowest BCUT2D eigenvalue weighted by atomic mass is 10.5. The highest BCUT2D eigenvalue weighted by molar-refractivity contribution is 7.93. The Hall–Kier alpha value is -1.40. The second-order valence-electron chi connectivity index (χ2n) is 3.04. The van der Waals surface area contributed by atoms with Crippen molar-refractivity contribution in [1.29, 1.82) is 0 Å². The minimum atomic E-state index is -3.46. The predicted molar refractivity (Wildman–Crippen MR) is 63.6 cm³/mol. The molecule has 0 aliphatic heterocycles. The van der Waals surface area contributed by atoms with Crippen LogP contribution in [0, 0.1) is 0 Å². The first-order chi connectivity index (χ1) is 7.64. The Bertz CT molecular complexity index is 576. The highest BCUT2D eigenvalue weighted by Gasteiger charge is 2.20. The van der Waals surface area contributed by atoms with Crippen molar-refractivity contribution < 1.29 is 8.42 Å². The zero-order valence-electron chi connectivity index (χ0n) is 8.54. The van der Waals surface area contributed by atoms with Crippen molar-refractivity contribution in [2.24, 2.45) is 0 Å². The fourth-order valence-electron chi connectivity index (χ4n) is 1.21. The van der Waals surface area contributed by atoms with Gasteiger partial charge in [-0.2, -0.15) is 0 Å². The van der Waals surface area contributed by atoms with Gasteiger partial charge in [0, 0.05) is 13.2 Å². The summed E-state index contributed by atoms with van der Waals surface area (Å²) in [5, 5.41) is 3.80. The summed E-state index contributed by atoms with van der Waals surface area (Å²) in [5.74, 6) is 0. The summed E-state index contributed by atoms with van der Waals surface area (Å²) in [7, 11) is -1.71. The quantitative estimate of drug-likeness (QED) is 0.910. The Kier molecular flexibility index (Phi) is 2.93. The molecule has 0 amide bonds. The maximum atomic E-state index is 12.1. The summed E-state index contributed by atoms with van der Waals surface area (Å²) >= 11 is 1.20. The molecule has 2 aromatic heterocycles. The second kappa shape index (κ2) is 4.23. The SMILES string of the molecule is CNc1ccc(S(=O)(=O)c2ccccn2)s1. The van der Waals surface area contributed by atoms with Gasteiger partial charge in [0.05, 0.1) is 5.00 Å². The van der Waals surface area contributed by atoms with Crippen LogP contribution < -0.4 is 5.32 Å². The first kappa shape index (κ1) is 11.1. The van der Waals surface area contributed by atoms with E-state index >= 15 is 0 Å². The zero-order chi connectivity index (χ0) is 11.6. The third kappa shape index (κ3) is 1.94. The van der Waals surface area contributed by atoms with Crippen molar-refractivity contribution in [2.75, 3.05) is 12.4 Å². The van der Waals surface area contributed by atoms with Crippen LogP contribution in [0.3, 0.4) is 0 Å². The average Bonchev–Trinajstić information content (AvgIpc) is 2.79. The van der Waals surface area contributed by atoms with E-state index in [0.29, 0.717) is 4.21 Å². The molecular weight excluding hydrogens is 244 g/mol. The number of aromatic nitrogens is 1.